The summed E-state index contributed by atoms with van der Waals surface area (Å²) in [5.74, 6) is -0.981. The molecule has 10 heavy (non-hydrogen) atoms. The van der Waals surface area contributed by atoms with Gasteiger partial charge in [-0.3, -0.25) is 4.70 Å². The summed E-state index contributed by atoms with van der Waals surface area (Å²) in [5.41, 5.74) is 0. The Bertz CT molecular complexity index is 122. The molecule has 0 rings (SSSR count). The first-order chi connectivity index (χ1) is 3.68. The number of aliphatic carboxylic acids is 1. The predicted octanol–water partition coefficient (Wildman–Crippen LogP) is -1.14. The Morgan fingerprint density at radius 1 is 1.70 bits per heavy atom. The lowest BCUT2D eigenvalue weighted by atomic mass is 10.7. The fourth-order valence-electron chi connectivity index (χ4n) is 0. The number of carboxylic acid groups (broad SMARTS) is 1. The SMILES string of the molecule is C=CC(=O)O.F.N=C=O.[SiH4]. The average molecular weight is 167 g/mol. The molecule has 0 aromatic heterocycles. The Labute approximate surface area is 61.5 Å². The number of hydrogen-bond donors (Lipinski definition) is 2. The molecule has 0 amide bonds. The van der Waals surface area contributed by atoms with Gasteiger partial charge in [0.15, 0.2) is 0 Å². The number of nitrogens with one attached hydrogen (secondary N) is 1. The van der Waals surface area contributed by atoms with Crippen LogP contribution in [-0.4, -0.2) is 28.1 Å². The van der Waals surface area contributed by atoms with Gasteiger partial charge >= 0.3 is 5.97 Å². The predicted molar refractivity (Wildman–Crippen MR) is 40.1 cm³/mol. The van der Waals surface area contributed by atoms with Crippen LogP contribution in [0.5, 0.6) is 0 Å². The third-order valence-electron chi connectivity index (χ3n) is 0.175. The highest BCUT2D eigenvalue weighted by molar-refractivity contribution is 5.78. The summed E-state index contributed by atoms with van der Waals surface area (Å²) < 4.78 is 0. The highest BCUT2D eigenvalue weighted by Gasteiger charge is 1.73. The first kappa shape index (κ1) is 23.3. The second-order valence-electron chi connectivity index (χ2n) is 0.644. The van der Waals surface area contributed by atoms with Gasteiger partial charge in [-0.05, 0) is 11.0 Å². The lowest BCUT2D eigenvalue weighted by molar-refractivity contribution is -0.131. The summed E-state index contributed by atoms with van der Waals surface area (Å²) in [4.78, 5) is 17.6. The highest BCUT2D eigenvalue weighted by atomic mass is 28.1. The van der Waals surface area contributed by atoms with E-state index >= 15 is 0 Å². The molecule has 6 heteroatoms. The molecular formula is C4H10FNO3Si. The van der Waals surface area contributed by atoms with Crippen molar-refractivity contribution in [2.45, 2.75) is 0 Å². The zero-order valence-corrected chi connectivity index (χ0v) is 4.46. The zero-order chi connectivity index (χ0) is 6.99. The molecule has 0 saturated heterocycles. The minimum atomic E-state index is -0.981. The molecule has 0 aliphatic carbocycles. The van der Waals surface area contributed by atoms with E-state index in [1.807, 2.05) is 0 Å². The molecule has 0 bridgehead atoms. The Kier molecular flexibility index (Phi) is 58.6. The molecule has 0 unspecified atom stereocenters. The van der Waals surface area contributed by atoms with Crippen LogP contribution >= 0.6 is 0 Å². The summed E-state index contributed by atoms with van der Waals surface area (Å²) in [5, 5.41) is 13.0. The molecule has 0 aromatic rings. The van der Waals surface area contributed by atoms with Gasteiger partial charge in [-0.15, -0.1) is 0 Å². The van der Waals surface area contributed by atoms with E-state index in [9.17, 15) is 4.79 Å². The third kappa shape index (κ3) is 408. The summed E-state index contributed by atoms with van der Waals surface area (Å²) in [6.45, 7) is 2.96. The van der Waals surface area contributed by atoms with E-state index in [4.69, 9.17) is 15.3 Å². The van der Waals surface area contributed by atoms with E-state index < -0.39 is 5.97 Å². The second kappa shape index (κ2) is 25.1. The lowest BCUT2D eigenvalue weighted by Gasteiger charge is -1.64. The molecule has 4 nitrogen and oxygen atoms in total. The van der Waals surface area contributed by atoms with Crippen molar-refractivity contribution in [3.05, 3.63) is 12.7 Å². The van der Waals surface area contributed by atoms with Crippen LogP contribution in [0.1, 0.15) is 0 Å². The van der Waals surface area contributed by atoms with Crippen LogP contribution in [0, 0.1) is 5.41 Å². The number of halogens is 1. The van der Waals surface area contributed by atoms with Crippen LogP contribution in [-0.2, 0) is 9.59 Å². The third-order valence-corrected chi connectivity index (χ3v) is 0.175. The van der Waals surface area contributed by atoms with E-state index in [2.05, 4.69) is 6.58 Å². The maximum atomic E-state index is 9.25. The van der Waals surface area contributed by atoms with Crippen LogP contribution in [0.2, 0.25) is 0 Å². The van der Waals surface area contributed by atoms with Crippen LogP contribution < -0.4 is 0 Å². The highest BCUT2D eigenvalue weighted by Crippen LogP contribution is 1.54. The quantitative estimate of drug-likeness (QED) is 0.224. The fraction of sp³-hybridized carbons (Fsp3) is 0. The number of hydrogen-bond acceptors (Lipinski definition) is 3. The molecule has 0 spiro atoms. The molecule has 0 aliphatic rings. The van der Waals surface area contributed by atoms with Gasteiger partial charge in [0, 0.05) is 6.08 Å². The van der Waals surface area contributed by atoms with Gasteiger partial charge in [-0.1, -0.05) is 6.58 Å². The molecule has 0 aromatic carbocycles. The summed E-state index contributed by atoms with van der Waals surface area (Å²) >= 11 is 0. The summed E-state index contributed by atoms with van der Waals surface area (Å²) in [6, 6.07) is 0. The molecule has 0 atom stereocenters. The van der Waals surface area contributed by atoms with Gasteiger partial charge in [0.2, 0.25) is 6.08 Å². The fourth-order valence-corrected chi connectivity index (χ4v) is 0. The van der Waals surface area contributed by atoms with Crippen molar-refractivity contribution >= 4 is 23.0 Å². The van der Waals surface area contributed by atoms with Crippen LogP contribution in [0.25, 0.3) is 0 Å². The first-order valence-electron chi connectivity index (χ1n) is 1.58. The van der Waals surface area contributed by atoms with Crippen LogP contribution in [0.4, 0.5) is 4.70 Å². The summed E-state index contributed by atoms with van der Waals surface area (Å²) in [7, 11) is 0. The maximum Gasteiger partial charge on any atom is 0.327 e. The molecular weight excluding hydrogens is 157 g/mol. The molecule has 0 saturated carbocycles. The van der Waals surface area contributed by atoms with Gasteiger partial charge in [0.1, 0.15) is 0 Å². The topological polar surface area (TPSA) is 78.2 Å². The number of carbonyl (C=O) groups excluding carboxylic acids is 1. The Hall–Kier alpha value is -1.26. The average Bonchev–Trinajstić information content (AvgIpc) is 1.69. The van der Waals surface area contributed by atoms with Gasteiger partial charge < -0.3 is 5.11 Å². The van der Waals surface area contributed by atoms with Crippen molar-refractivity contribution in [1.29, 1.82) is 5.41 Å². The van der Waals surface area contributed by atoms with Crippen molar-refractivity contribution in [2.75, 3.05) is 0 Å². The molecule has 0 heterocycles. The van der Waals surface area contributed by atoms with E-state index in [0.717, 1.165) is 12.2 Å². The minimum Gasteiger partial charge on any atom is -0.478 e. The van der Waals surface area contributed by atoms with Gasteiger partial charge in [-0.2, -0.15) is 0 Å². The monoisotopic (exact) mass is 167 g/mol. The minimum absolute atomic E-state index is 0. The van der Waals surface area contributed by atoms with Crippen LogP contribution in [0.3, 0.4) is 0 Å². The Morgan fingerprint density at radius 3 is 1.80 bits per heavy atom. The van der Waals surface area contributed by atoms with E-state index in [1.165, 1.54) is 0 Å². The van der Waals surface area contributed by atoms with E-state index in [-0.39, 0.29) is 15.7 Å². The smallest absolute Gasteiger partial charge is 0.327 e. The molecule has 60 valence electrons. The van der Waals surface area contributed by atoms with Crippen molar-refractivity contribution in [3.63, 3.8) is 0 Å². The molecule has 2 N–H and O–H groups in total. The van der Waals surface area contributed by atoms with Gasteiger partial charge in [-0.25, -0.2) is 15.0 Å². The first-order valence-corrected chi connectivity index (χ1v) is 1.58. The standard InChI is InChI=1S/C3H4O2.CHNO.FH.H4Si/c1-2-3(4)5;2-1-3;;/h2H,1H2,(H,4,5);2H;1H;1H4. The largest absolute Gasteiger partial charge is 0.478 e. The van der Waals surface area contributed by atoms with Crippen molar-refractivity contribution < 1.29 is 19.4 Å². The molecule has 0 radical (unpaired) electrons. The Morgan fingerprint density at radius 2 is 1.80 bits per heavy atom. The zero-order valence-electron chi connectivity index (χ0n) is 4.46. The Balaban J connectivity index is -0.0000000326. The normalized spacial score (nSPS) is 4.00. The van der Waals surface area contributed by atoms with Crippen molar-refractivity contribution in [3.8, 4) is 0 Å². The van der Waals surface area contributed by atoms with Gasteiger partial charge in [0.05, 0.1) is 0 Å². The van der Waals surface area contributed by atoms with Crippen LogP contribution in [0.15, 0.2) is 12.7 Å². The number of carboxylic acids is 1. The lowest BCUT2D eigenvalue weighted by Crippen LogP contribution is -1.82. The molecule has 0 fully saturated rings. The summed E-state index contributed by atoms with van der Waals surface area (Å²) in [6.07, 6.45) is 1.58. The van der Waals surface area contributed by atoms with E-state index in [0.29, 0.717) is 0 Å². The number of isocyanates is 1. The number of rotatable bonds is 1. The van der Waals surface area contributed by atoms with Crippen molar-refractivity contribution in [2.24, 2.45) is 0 Å². The maximum absolute atomic E-state index is 9.25. The van der Waals surface area contributed by atoms with Gasteiger partial charge in [0.25, 0.3) is 0 Å². The second-order valence-corrected chi connectivity index (χ2v) is 0.644. The van der Waals surface area contributed by atoms with E-state index in [1.54, 1.807) is 0 Å². The number of carbonyl (C=O) groups is 1. The molecule has 0 aliphatic heterocycles. The van der Waals surface area contributed by atoms with Crippen molar-refractivity contribution in [1.82, 2.24) is 0 Å².